The molecule has 1 aliphatic rings. The first kappa shape index (κ1) is 9.93. The summed E-state index contributed by atoms with van der Waals surface area (Å²) in [7, 11) is 0. The molecule has 0 saturated heterocycles. The van der Waals surface area contributed by atoms with Gasteiger partial charge in [0, 0.05) is 0 Å². The predicted molar refractivity (Wildman–Crippen MR) is 74.4 cm³/mol. The molecular weight excluding hydrogens is 204 g/mol. The molecule has 0 aromatic heterocycles. The molecule has 0 heteroatoms. The third-order valence-corrected chi connectivity index (χ3v) is 3.29. The lowest BCUT2D eigenvalue weighted by Crippen LogP contribution is -1.78. The molecule has 0 bridgehead atoms. The van der Waals surface area contributed by atoms with Crippen LogP contribution in [0.4, 0.5) is 0 Å². The second-order valence-electron chi connectivity index (χ2n) is 4.14. The lowest BCUT2D eigenvalue weighted by molar-refractivity contribution is 1.70. The van der Waals surface area contributed by atoms with Gasteiger partial charge in [-0.25, -0.2) is 0 Å². The fraction of sp³-hybridized carbons (Fsp3) is 0.0588. The first-order chi connectivity index (χ1) is 8.36. The molecular formula is C17H12. The Balaban J connectivity index is 2.50. The molecule has 0 nitrogen and oxygen atoms in total. The van der Waals surface area contributed by atoms with Crippen molar-refractivity contribution in [2.45, 2.75) is 6.92 Å². The molecule has 0 fully saturated rings. The number of terminal acetylenes is 1. The van der Waals surface area contributed by atoms with E-state index in [-0.39, 0.29) is 0 Å². The first-order valence-electron chi connectivity index (χ1n) is 5.72. The third kappa shape index (κ3) is 1.26. The van der Waals surface area contributed by atoms with Gasteiger partial charge in [-0.1, -0.05) is 48.4 Å². The average molecular weight is 216 g/mol. The summed E-state index contributed by atoms with van der Waals surface area (Å²) in [6.45, 7) is 2.06. The van der Waals surface area contributed by atoms with Gasteiger partial charge in [-0.15, -0.1) is 6.42 Å². The van der Waals surface area contributed by atoms with Gasteiger partial charge in [0.05, 0.1) is 0 Å². The minimum atomic E-state index is 1.17. The molecule has 0 atom stereocenters. The lowest BCUT2D eigenvalue weighted by atomic mass is 10.0. The van der Waals surface area contributed by atoms with Crippen molar-refractivity contribution < 1.29 is 0 Å². The number of hydrogen-bond donors (Lipinski definition) is 0. The molecule has 0 unspecified atom stereocenters. The summed E-state index contributed by atoms with van der Waals surface area (Å²) in [5.74, 6) is 2.65. The van der Waals surface area contributed by atoms with Crippen LogP contribution in [0.3, 0.4) is 0 Å². The van der Waals surface area contributed by atoms with Gasteiger partial charge < -0.3 is 0 Å². The van der Waals surface area contributed by atoms with E-state index in [0.717, 1.165) is 0 Å². The Bertz CT molecular complexity index is 701. The van der Waals surface area contributed by atoms with Crippen LogP contribution in [-0.4, -0.2) is 0 Å². The zero-order chi connectivity index (χ0) is 11.8. The second-order valence-corrected chi connectivity index (χ2v) is 4.14. The van der Waals surface area contributed by atoms with Crippen molar-refractivity contribution >= 4 is 21.9 Å². The Kier molecular flexibility index (Phi) is 2.13. The monoisotopic (exact) mass is 216 g/mol. The number of benzene rings is 2. The summed E-state index contributed by atoms with van der Waals surface area (Å²) in [5.41, 5.74) is 4.96. The van der Waals surface area contributed by atoms with Crippen molar-refractivity contribution in [1.82, 2.24) is 0 Å². The average Bonchev–Trinajstić information content (AvgIpc) is 2.67. The van der Waals surface area contributed by atoms with Gasteiger partial charge >= 0.3 is 0 Å². The van der Waals surface area contributed by atoms with Crippen LogP contribution >= 0.6 is 0 Å². The first-order valence-corrected chi connectivity index (χ1v) is 5.72. The number of allylic oxidation sites excluding steroid dienone is 4. The molecule has 80 valence electrons. The summed E-state index contributed by atoms with van der Waals surface area (Å²) in [4.78, 5) is 0. The normalized spacial score (nSPS) is 17.9. The SMILES string of the molecule is C#C/C=C1\C(=C/C)c2cccc3cccc1c23. The van der Waals surface area contributed by atoms with E-state index in [4.69, 9.17) is 6.42 Å². The molecule has 17 heavy (non-hydrogen) atoms. The highest BCUT2D eigenvalue weighted by atomic mass is 14.2. The second kappa shape index (κ2) is 3.64. The van der Waals surface area contributed by atoms with Crippen LogP contribution in [0.15, 0.2) is 48.6 Å². The zero-order valence-corrected chi connectivity index (χ0v) is 9.70. The van der Waals surface area contributed by atoms with Gasteiger partial charge in [0.15, 0.2) is 0 Å². The van der Waals surface area contributed by atoms with Crippen molar-refractivity contribution in [3.05, 3.63) is 59.7 Å². The molecule has 0 N–H and O–H groups in total. The Hall–Kier alpha value is -2.26. The van der Waals surface area contributed by atoms with E-state index in [0.29, 0.717) is 0 Å². The highest BCUT2D eigenvalue weighted by Crippen LogP contribution is 2.45. The lowest BCUT2D eigenvalue weighted by Gasteiger charge is -2.00. The molecule has 0 heterocycles. The van der Waals surface area contributed by atoms with E-state index in [9.17, 15) is 0 Å². The third-order valence-electron chi connectivity index (χ3n) is 3.29. The summed E-state index contributed by atoms with van der Waals surface area (Å²) in [5, 5.41) is 2.60. The maximum atomic E-state index is 5.43. The van der Waals surface area contributed by atoms with Crippen LogP contribution in [0.5, 0.6) is 0 Å². The van der Waals surface area contributed by atoms with Gasteiger partial charge in [-0.3, -0.25) is 0 Å². The topological polar surface area (TPSA) is 0 Å². The van der Waals surface area contributed by atoms with Crippen molar-refractivity contribution in [3.63, 3.8) is 0 Å². The summed E-state index contributed by atoms with van der Waals surface area (Å²) >= 11 is 0. The van der Waals surface area contributed by atoms with Gasteiger partial charge in [0.2, 0.25) is 0 Å². The molecule has 0 aliphatic heterocycles. The van der Waals surface area contributed by atoms with Gasteiger partial charge in [-0.05, 0) is 46.0 Å². The molecule has 0 radical (unpaired) electrons. The highest BCUT2D eigenvalue weighted by Gasteiger charge is 2.22. The fourth-order valence-electron chi connectivity index (χ4n) is 2.63. The van der Waals surface area contributed by atoms with Crippen LogP contribution in [-0.2, 0) is 0 Å². The standard InChI is InChI=1S/C17H12/c1-3-7-14-13(4-2)15-10-5-8-12-9-6-11-16(14)17(12)15/h1,4-11H,2H3/b13-4+,14-7+. The van der Waals surface area contributed by atoms with Gasteiger partial charge in [0.1, 0.15) is 0 Å². The van der Waals surface area contributed by atoms with Crippen molar-refractivity contribution in [3.8, 4) is 12.3 Å². The van der Waals surface area contributed by atoms with E-state index in [2.05, 4.69) is 55.3 Å². The summed E-state index contributed by atoms with van der Waals surface area (Å²) in [6, 6.07) is 12.8. The van der Waals surface area contributed by atoms with E-state index in [1.165, 1.54) is 33.0 Å². The molecule has 0 spiro atoms. The van der Waals surface area contributed by atoms with E-state index >= 15 is 0 Å². The zero-order valence-electron chi connectivity index (χ0n) is 9.70. The van der Waals surface area contributed by atoms with Crippen molar-refractivity contribution in [1.29, 1.82) is 0 Å². The van der Waals surface area contributed by atoms with Gasteiger partial charge in [-0.2, -0.15) is 0 Å². The van der Waals surface area contributed by atoms with Crippen molar-refractivity contribution in [2.24, 2.45) is 0 Å². The Labute approximate surface area is 101 Å². The van der Waals surface area contributed by atoms with Crippen LogP contribution in [0, 0.1) is 12.3 Å². The molecule has 1 aliphatic carbocycles. The Morgan fingerprint density at radius 2 is 1.65 bits per heavy atom. The number of rotatable bonds is 0. The maximum Gasteiger partial charge on any atom is -0.00185 e. The van der Waals surface area contributed by atoms with Crippen LogP contribution in [0.25, 0.3) is 21.9 Å². The van der Waals surface area contributed by atoms with E-state index in [1.807, 2.05) is 6.08 Å². The Morgan fingerprint density at radius 3 is 2.24 bits per heavy atom. The predicted octanol–water partition coefficient (Wildman–Crippen LogP) is 4.27. The molecule has 0 saturated carbocycles. The highest BCUT2D eigenvalue weighted by molar-refractivity contribution is 6.22. The molecule has 2 aromatic carbocycles. The largest absolute Gasteiger partial charge is 0.115 e. The van der Waals surface area contributed by atoms with E-state index in [1.54, 1.807) is 0 Å². The quantitative estimate of drug-likeness (QED) is 0.577. The summed E-state index contributed by atoms with van der Waals surface area (Å²) in [6.07, 6.45) is 9.44. The minimum absolute atomic E-state index is 1.17. The smallest absolute Gasteiger partial charge is 0.00185 e. The summed E-state index contributed by atoms with van der Waals surface area (Å²) < 4.78 is 0. The Morgan fingerprint density at radius 1 is 1.00 bits per heavy atom. The maximum absolute atomic E-state index is 5.43. The van der Waals surface area contributed by atoms with Crippen LogP contribution in [0.2, 0.25) is 0 Å². The molecule has 2 aromatic rings. The minimum Gasteiger partial charge on any atom is -0.115 e. The van der Waals surface area contributed by atoms with Crippen molar-refractivity contribution in [2.75, 3.05) is 0 Å². The van der Waals surface area contributed by atoms with E-state index < -0.39 is 0 Å². The van der Waals surface area contributed by atoms with Gasteiger partial charge in [0.25, 0.3) is 0 Å². The molecule has 0 amide bonds. The number of hydrogen-bond acceptors (Lipinski definition) is 0. The van der Waals surface area contributed by atoms with Crippen LogP contribution in [0.1, 0.15) is 18.1 Å². The molecule has 3 rings (SSSR count). The van der Waals surface area contributed by atoms with Crippen LogP contribution < -0.4 is 0 Å². The fourth-order valence-corrected chi connectivity index (χ4v) is 2.63.